The molecule has 3 aromatic rings. The van der Waals surface area contributed by atoms with Crippen molar-refractivity contribution in [3.05, 3.63) is 101 Å². The molecule has 0 aliphatic rings. The number of aromatic hydroxyl groups is 1. The van der Waals surface area contributed by atoms with Crippen molar-refractivity contribution in [2.75, 3.05) is 6.61 Å². The van der Waals surface area contributed by atoms with E-state index >= 15 is 0 Å². The third-order valence-electron chi connectivity index (χ3n) is 12.0. The van der Waals surface area contributed by atoms with Crippen LogP contribution in [0.3, 0.4) is 0 Å². The second kappa shape index (κ2) is 14.8. The average molecular weight is 641 g/mol. The summed E-state index contributed by atoms with van der Waals surface area (Å²) in [4.78, 5) is 25.1. The zero-order valence-electron chi connectivity index (χ0n) is 31.1. The van der Waals surface area contributed by atoms with E-state index in [1.165, 1.54) is 35.4 Å². The van der Waals surface area contributed by atoms with E-state index in [1.807, 2.05) is 12.1 Å². The lowest BCUT2D eigenvalue weighted by molar-refractivity contribution is -0.0527. The highest BCUT2D eigenvalue weighted by atomic mass is 16.5. The summed E-state index contributed by atoms with van der Waals surface area (Å²) < 4.78 is 5.29. The van der Waals surface area contributed by atoms with Crippen molar-refractivity contribution in [3.8, 4) is 5.75 Å². The van der Waals surface area contributed by atoms with Gasteiger partial charge in [0.15, 0.2) is 12.4 Å². The van der Waals surface area contributed by atoms with Crippen molar-refractivity contribution in [1.82, 2.24) is 0 Å². The van der Waals surface area contributed by atoms with Crippen LogP contribution in [0, 0.1) is 33.5 Å². The first-order valence-corrected chi connectivity index (χ1v) is 17.3. The number of carbonyl (C=O) groups excluding carboxylic acids is 2. The number of esters is 1. The molecule has 0 saturated heterocycles. The lowest BCUT2D eigenvalue weighted by Crippen LogP contribution is -2.49. The average Bonchev–Trinajstić information content (AvgIpc) is 3.01. The monoisotopic (exact) mass is 640 g/mol. The number of rotatable bonds is 14. The van der Waals surface area contributed by atoms with Crippen molar-refractivity contribution in [1.29, 1.82) is 0 Å². The Morgan fingerprint density at radius 1 is 0.660 bits per heavy atom. The fourth-order valence-corrected chi connectivity index (χ4v) is 7.62. The number of hydrogen-bond acceptors (Lipinski definition) is 4. The summed E-state index contributed by atoms with van der Waals surface area (Å²) in [5.74, 6) is 0.979. The van der Waals surface area contributed by atoms with E-state index in [4.69, 9.17) is 4.74 Å². The molecule has 0 radical (unpaired) electrons. The minimum Gasteiger partial charge on any atom is -0.508 e. The first-order valence-electron chi connectivity index (χ1n) is 17.3. The maximum absolute atomic E-state index is 12.7. The van der Waals surface area contributed by atoms with E-state index in [0.717, 1.165) is 12.8 Å². The molecule has 0 amide bonds. The zero-order valence-corrected chi connectivity index (χ0v) is 31.1. The molecule has 0 bridgehead atoms. The SMILES string of the molecule is CC(CCC(C)(C)C(c1ccccc1)C(C)(C)C(C)(C)C(C)C(C)C(C)(C)C)c1ccc(C(=O)OCC(=O)c2ccc(O)cc2)cc1. The number of Topliss-reactive ketones (excluding diaryl/α,β-unsaturated/α-hetero) is 1. The van der Waals surface area contributed by atoms with Gasteiger partial charge < -0.3 is 9.84 Å². The molecule has 3 rings (SSSR count). The number of ketones is 1. The molecule has 47 heavy (non-hydrogen) atoms. The molecule has 4 unspecified atom stereocenters. The van der Waals surface area contributed by atoms with Crippen molar-refractivity contribution >= 4 is 11.8 Å². The van der Waals surface area contributed by atoms with Gasteiger partial charge in [0.25, 0.3) is 0 Å². The predicted octanol–water partition coefficient (Wildman–Crippen LogP) is 11.5. The Bertz CT molecular complexity index is 1460. The molecule has 4 nitrogen and oxygen atoms in total. The number of benzene rings is 3. The number of phenolic OH excluding ortho intramolecular Hbond substituents is 1. The Morgan fingerprint density at radius 2 is 1.19 bits per heavy atom. The van der Waals surface area contributed by atoms with Crippen molar-refractivity contribution in [2.24, 2.45) is 33.5 Å². The molecule has 256 valence electrons. The molecule has 0 heterocycles. The highest BCUT2D eigenvalue weighted by Gasteiger charge is 2.52. The van der Waals surface area contributed by atoms with Gasteiger partial charge in [0.2, 0.25) is 0 Å². The maximum atomic E-state index is 12.7. The largest absolute Gasteiger partial charge is 0.508 e. The maximum Gasteiger partial charge on any atom is 0.338 e. The molecule has 3 aromatic carbocycles. The Kier molecular flexibility index (Phi) is 12.0. The predicted molar refractivity (Wildman–Crippen MR) is 195 cm³/mol. The first kappa shape index (κ1) is 38.1. The van der Waals surface area contributed by atoms with Crippen LogP contribution in [0.25, 0.3) is 0 Å². The van der Waals surface area contributed by atoms with Crippen molar-refractivity contribution < 1.29 is 19.4 Å². The Balaban J connectivity index is 1.75. The summed E-state index contributed by atoms with van der Waals surface area (Å²) in [6, 6.07) is 24.6. The molecule has 1 N–H and O–H groups in total. The van der Waals surface area contributed by atoms with Crippen LogP contribution >= 0.6 is 0 Å². The molecular formula is C43H60O4. The standard InChI is InChI=1S/C43H60O4/c1-29(32-18-20-35(21-19-32)39(46)47-28-37(45)33-22-24-36(44)25-23-33)26-27-41(7,8)38(34-16-14-13-15-17-34)43(11,12)42(9,10)31(3)30(2)40(4,5)6/h13-25,29-31,38,44H,26-28H2,1-12H3. The number of ether oxygens (including phenoxy) is 1. The van der Waals surface area contributed by atoms with E-state index in [0.29, 0.717) is 34.8 Å². The summed E-state index contributed by atoms with van der Waals surface area (Å²) in [7, 11) is 0. The minimum atomic E-state index is -0.525. The lowest BCUT2D eigenvalue weighted by Gasteiger charge is -2.57. The van der Waals surface area contributed by atoms with Crippen molar-refractivity contribution in [2.45, 2.75) is 108 Å². The van der Waals surface area contributed by atoms with E-state index in [-0.39, 0.29) is 39.8 Å². The van der Waals surface area contributed by atoms with Crippen LogP contribution in [0.2, 0.25) is 0 Å². The van der Waals surface area contributed by atoms with E-state index in [2.05, 4.69) is 113 Å². The van der Waals surface area contributed by atoms with E-state index in [9.17, 15) is 14.7 Å². The van der Waals surface area contributed by atoms with Crippen molar-refractivity contribution in [3.63, 3.8) is 0 Å². The van der Waals surface area contributed by atoms with Crippen LogP contribution in [0.4, 0.5) is 0 Å². The van der Waals surface area contributed by atoms with Gasteiger partial charge in [0.1, 0.15) is 5.75 Å². The van der Waals surface area contributed by atoms with Gasteiger partial charge in [-0.05, 0) is 106 Å². The van der Waals surface area contributed by atoms with Crippen LogP contribution in [0.1, 0.15) is 140 Å². The highest BCUT2D eigenvalue weighted by Crippen LogP contribution is 2.61. The quantitative estimate of drug-likeness (QED) is 0.141. The molecule has 4 atom stereocenters. The minimum absolute atomic E-state index is 0.00565. The highest BCUT2D eigenvalue weighted by molar-refractivity contribution is 5.99. The van der Waals surface area contributed by atoms with Gasteiger partial charge in [-0.1, -0.05) is 126 Å². The molecular weight excluding hydrogens is 580 g/mol. The van der Waals surface area contributed by atoms with Crippen LogP contribution in [0.5, 0.6) is 5.75 Å². The smallest absolute Gasteiger partial charge is 0.338 e. The van der Waals surface area contributed by atoms with Crippen LogP contribution < -0.4 is 0 Å². The molecule has 4 heteroatoms. The number of hydrogen-bond donors (Lipinski definition) is 1. The molecule has 0 fully saturated rings. The third kappa shape index (κ3) is 8.95. The first-order chi connectivity index (χ1) is 21.7. The van der Waals surface area contributed by atoms with Gasteiger partial charge in [-0.25, -0.2) is 4.79 Å². The second-order valence-electron chi connectivity index (χ2n) is 16.8. The van der Waals surface area contributed by atoms with Gasteiger partial charge in [-0.15, -0.1) is 0 Å². The Hall–Kier alpha value is -3.40. The fraction of sp³-hybridized carbons (Fsp3) is 0.535. The van der Waals surface area contributed by atoms with E-state index in [1.54, 1.807) is 12.1 Å². The summed E-state index contributed by atoms with van der Waals surface area (Å²) in [5.41, 5.74) is 3.73. The van der Waals surface area contributed by atoms with Gasteiger partial charge in [-0.2, -0.15) is 0 Å². The summed E-state index contributed by atoms with van der Waals surface area (Å²) in [6.07, 6.45) is 2.07. The molecule has 0 aromatic heterocycles. The zero-order chi connectivity index (χ0) is 35.4. The van der Waals surface area contributed by atoms with Crippen LogP contribution in [-0.2, 0) is 4.74 Å². The number of carbonyl (C=O) groups is 2. The number of phenols is 1. The molecule has 0 aliphatic heterocycles. The van der Waals surface area contributed by atoms with Crippen LogP contribution in [-0.4, -0.2) is 23.5 Å². The van der Waals surface area contributed by atoms with Gasteiger partial charge >= 0.3 is 5.97 Å². The van der Waals surface area contributed by atoms with Crippen LogP contribution in [0.15, 0.2) is 78.9 Å². The normalized spacial score (nSPS) is 15.4. The fourth-order valence-electron chi connectivity index (χ4n) is 7.62. The molecule has 0 aliphatic carbocycles. The van der Waals surface area contributed by atoms with E-state index < -0.39 is 5.97 Å². The summed E-state index contributed by atoms with van der Waals surface area (Å²) in [5, 5.41) is 9.43. The van der Waals surface area contributed by atoms with Gasteiger partial charge in [-0.3, -0.25) is 4.79 Å². The molecule has 0 spiro atoms. The summed E-state index contributed by atoms with van der Waals surface area (Å²) in [6.45, 7) is 28.8. The topological polar surface area (TPSA) is 63.6 Å². The Labute approximate surface area is 285 Å². The lowest BCUT2D eigenvalue weighted by atomic mass is 9.47. The van der Waals surface area contributed by atoms with Gasteiger partial charge in [0.05, 0.1) is 5.56 Å². The second-order valence-corrected chi connectivity index (χ2v) is 16.8. The molecule has 0 saturated carbocycles. The summed E-state index contributed by atoms with van der Waals surface area (Å²) >= 11 is 0. The Morgan fingerprint density at radius 3 is 1.72 bits per heavy atom. The van der Waals surface area contributed by atoms with Gasteiger partial charge in [0, 0.05) is 5.56 Å². The third-order valence-corrected chi connectivity index (χ3v) is 12.0.